The minimum atomic E-state index is -0.384. The Hall–Kier alpha value is -1.95. The first-order valence-corrected chi connectivity index (χ1v) is 10.2. The van der Waals surface area contributed by atoms with Gasteiger partial charge in [0.25, 0.3) is 5.91 Å². The number of rotatable bonds is 5. The summed E-state index contributed by atoms with van der Waals surface area (Å²) in [5.41, 5.74) is 0.360. The molecular formula is C21H30FN3O2. The molecule has 6 heteroatoms. The van der Waals surface area contributed by atoms with Crippen LogP contribution in [-0.4, -0.2) is 60.9 Å². The van der Waals surface area contributed by atoms with Crippen LogP contribution in [0.2, 0.25) is 0 Å². The van der Waals surface area contributed by atoms with Crippen LogP contribution in [-0.2, 0) is 4.79 Å². The summed E-state index contributed by atoms with van der Waals surface area (Å²) in [7, 11) is 0. The highest BCUT2D eigenvalue weighted by atomic mass is 19.1. The fraction of sp³-hybridized carbons (Fsp3) is 0.619. The number of nitrogens with one attached hydrogen (secondary N) is 1. The monoisotopic (exact) mass is 375 g/mol. The lowest BCUT2D eigenvalue weighted by Gasteiger charge is -2.28. The molecule has 1 aliphatic carbocycles. The van der Waals surface area contributed by atoms with Crippen LogP contribution in [0.5, 0.6) is 0 Å². The molecule has 0 aromatic heterocycles. The van der Waals surface area contributed by atoms with Crippen LogP contribution in [0.25, 0.3) is 0 Å². The molecule has 1 aromatic carbocycles. The second-order valence-electron chi connectivity index (χ2n) is 7.73. The van der Waals surface area contributed by atoms with Crippen LogP contribution in [0.3, 0.4) is 0 Å². The van der Waals surface area contributed by atoms with E-state index in [1.54, 1.807) is 0 Å². The molecule has 0 radical (unpaired) electrons. The number of nitrogens with zero attached hydrogens (tertiary/aromatic N) is 2. The molecule has 2 aliphatic rings. The van der Waals surface area contributed by atoms with Crippen LogP contribution in [0, 0.1) is 11.7 Å². The molecule has 1 aromatic rings. The number of carbonyl (C=O) groups excluding carboxylic acids is 2. The lowest BCUT2D eigenvalue weighted by Crippen LogP contribution is -2.42. The molecule has 2 fully saturated rings. The van der Waals surface area contributed by atoms with Crippen molar-refractivity contribution in [3.05, 3.63) is 35.6 Å². The van der Waals surface area contributed by atoms with Crippen LogP contribution in [0.15, 0.2) is 24.3 Å². The molecule has 0 atom stereocenters. The summed E-state index contributed by atoms with van der Waals surface area (Å²) in [5.74, 6) is 0.0306. The van der Waals surface area contributed by atoms with Crippen LogP contribution < -0.4 is 5.32 Å². The predicted octanol–water partition coefficient (Wildman–Crippen LogP) is 2.67. The van der Waals surface area contributed by atoms with Gasteiger partial charge in [-0.15, -0.1) is 0 Å². The maximum atomic E-state index is 12.9. The molecule has 1 aliphatic heterocycles. The summed E-state index contributed by atoms with van der Waals surface area (Å²) in [5, 5.41) is 2.65. The van der Waals surface area contributed by atoms with E-state index in [1.807, 2.05) is 4.90 Å². The van der Waals surface area contributed by atoms with Gasteiger partial charge in [-0.3, -0.25) is 9.59 Å². The van der Waals surface area contributed by atoms with E-state index >= 15 is 0 Å². The molecule has 3 rings (SSSR count). The quantitative estimate of drug-likeness (QED) is 0.861. The Balaban J connectivity index is 1.42. The van der Waals surface area contributed by atoms with Gasteiger partial charge >= 0.3 is 0 Å². The van der Waals surface area contributed by atoms with Crippen molar-refractivity contribution in [1.82, 2.24) is 15.1 Å². The maximum absolute atomic E-state index is 12.9. The van der Waals surface area contributed by atoms with Crippen LogP contribution in [0.1, 0.15) is 48.9 Å². The molecule has 0 unspecified atom stereocenters. The molecule has 1 saturated carbocycles. The number of benzene rings is 1. The molecule has 1 heterocycles. The number of hydrogen-bond donors (Lipinski definition) is 1. The Labute approximate surface area is 160 Å². The molecule has 148 valence electrons. The number of hydrogen-bond acceptors (Lipinski definition) is 3. The van der Waals surface area contributed by atoms with E-state index in [0.717, 1.165) is 45.1 Å². The van der Waals surface area contributed by atoms with Gasteiger partial charge in [-0.1, -0.05) is 19.3 Å². The van der Waals surface area contributed by atoms with Crippen LogP contribution >= 0.6 is 0 Å². The standard InChI is InChI=1S/C21H30FN3O2/c22-19-9-7-18(8-10-19)21(27)23-15-20(26)25-12-4-11-24(13-14-25)16-17-5-2-1-3-6-17/h7-10,17H,1-6,11-16H2,(H,23,27). The van der Waals surface area contributed by atoms with Crippen molar-refractivity contribution in [3.8, 4) is 0 Å². The Morgan fingerprint density at radius 1 is 0.963 bits per heavy atom. The molecule has 5 nitrogen and oxygen atoms in total. The van der Waals surface area contributed by atoms with Crippen molar-refractivity contribution >= 4 is 11.8 Å². The number of carbonyl (C=O) groups is 2. The third kappa shape index (κ3) is 6.03. The van der Waals surface area contributed by atoms with Gasteiger partial charge in [0.2, 0.25) is 5.91 Å². The minimum Gasteiger partial charge on any atom is -0.343 e. The fourth-order valence-electron chi connectivity index (χ4n) is 4.11. The van der Waals surface area contributed by atoms with Crippen molar-refractivity contribution in [2.75, 3.05) is 39.3 Å². The zero-order valence-electron chi connectivity index (χ0n) is 16.0. The Morgan fingerprint density at radius 2 is 1.70 bits per heavy atom. The Kier molecular flexibility index (Phi) is 7.21. The first-order valence-electron chi connectivity index (χ1n) is 10.2. The predicted molar refractivity (Wildman–Crippen MR) is 103 cm³/mol. The first kappa shape index (κ1) is 19.8. The van der Waals surface area contributed by atoms with Gasteiger partial charge in [-0.05, 0) is 56.0 Å². The van der Waals surface area contributed by atoms with E-state index in [1.165, 1.54) is 56.4 Å². The van der Waals surface area contributed by atoms with Gasteiger partial charge in [0.05, 0.1) is 6.54 Å². The zero-order valence-corrected chi connectivity index (χ0v) is 16.0. The highest BCUT2D eigenvalue weighted by molar-refractivity contribution is 5.96. The topological polar surface area (TPSA) is 52.7 Å². The molecule has 0 bridgehead atoms. The average molecular weight is 375 g/mol. The molecule has 1 saturated heterocycles. The smallest absolute Gasteiger partial charge is 0.251 e. The average Bonchev–Trinajstić information content (AvgIpc) is 2.93. The van der Waals surface area contributed by atoms with E-state index in [2.05, 4.69) is 10.2 Å². The third-order valence-corrected chi connectivity index (χ3v) is 5.69. The van der Waals surface area contributed by atoms with Gasteiger partial charge in [0.1, 0.15) is 5.82 Å². The SMILES string of the molecule is O=C(NCC(=O)N1CCCN(CC2CCCCC2)CC1)c1ccc(F)cc1. The largest absolute Gasteiger partial charge is 0.343 e. The molecule has 2 amide bonds. The fourth-order valence-corrected chi connectivity index (χ4v) is 4.11. The Morgan fingerprint density at radius 3 is 2.44 bits per heavy atom. The Bertz CT molecular complexity index is 629. The van der Waals surface area contributed by atoms with Crippen molar-refractivity contribution in [1.29, 1.82) is 0 Å². The second kappa shape index (κ2) is 9.83. The summed E-state index contributed by atoms with van der Waals surface area (Å²) in [4.78, 5) is 28.9. The second-order valence-corrected chi connectivity index (χ2v) is 7.73. The molecule has 1 N–H and O–H groups in total. The van der Waals surface area contributed by atoms with Gasteiger partial charge < -0.3 is 15.1 Å². The third-order valence-electron chi connectivity index (χ3n) is 5.69. The first-order chi connectivity index (χ1) is 13.1. The highest BCUT2D eigenvalue weighted by Gasteiger charge is 2.22. The van der Waals surface area contributed by atoms with Gasteiger partial charge in [0.15, 0.2) is 0 Å². The number of halogens is 1. The van der Waals surface area contributed by atoms with Gasteiger partial charge in [-0.2, -0.15) is 0 Å². The lowest BCUT2D eigenvalue weighted by molar-refractivity contribution is -0.130. The number of amides is 2. The zero-order chi connectivity index (χ0) is 19.1. The van der Waals surface area contributed by atoms with E-state index in [-0.39, 0.29) is 24.2 Å². The van der Waals surface area contributed by atoms with E-state index in [4.69, 9.17) is 0 Å². The van der Waals surface area contributed by atoms with E-state index < -0.39 is 0 Å². The normalized spacial score (nSPS) is 19.5. The maximum Gasteiger partial charge on any atom is 0.251 e. The summed E-state index contributed by atoms with van der Waals surface area (Å²) in [6.45, 7) is 4.56. The van der Waals surface area contributed by atoms with Gasteiger partial charge in [0, 0.05) is 31.7 Å². The van der Waals surface area contributed by atoms with E-state index in [0.29, 0.717) is 5.56 Å². The highest BCUT2D eigenvalue weighted by Crippen LogP contribution is 2.24. The summed E-state index contributed by atoms with van der Waals surface area (Å²) >= 11 is 0. The van der Waals surface area contributed by atoms with Crippen LogP contribution in [0.4, 0.5) is 4.39 Å². The van der Waals surface area contributed by atoms with Crippen molar-refractivity contribution < 1.29 is 14.0 Å². The van der Waals surface area contributed by atoms with Crippen molar-refractivity contribution in [3.63, 3.8) is 0 Å². The van der Waals surface area contributed by atoms with Gasteiger partial charge in [-0.25, -0.2) is 4.39 Å². The molecular weight excluding hydrogens is 345 g/mol. The van der Waals surface area contributed by atoms with Crippen molar-refractivity contribution in [2.24, 2.45) is 5.92 Å². The molecule has 0 spiro atoms. The summed E-state index contributed by atoms with van der Waals surface area (Å²) < 4.78 is 12.9. The minimum absolute atomic E-state index is 0.0150. The lowest BCUT2D eigenvalue weighted by atomic mass is 9.89. The summed E-state index contributed by atoms with van der Waals surface area (Å²) in [6, 6.07) is 5.33. The van der Waals surface area contributed by atoms with Crippen molar-refractivity contribution in [2.45, 2.75) is 38.5 Å². The molecule has 27 heavy (non-hydrogen) atoms. The van der Waals surface area contributed by atoms with E-state index in [9.17, 15) is 14.0 Å². The summed E-state index contributed by atoms with van der Waals surface area (Å²) in [6.07, 6.45) is 7.75.